The molecule has 0 atom stereocenters. The molecule has 0 unspecified atom stereocenters. The van der Waals surface area contributed by atoms with Gasteiger partial charge in [-0.15, -0.1) is 5.10 Å². The maximum Gasteiger partial charge on any atom is 0.351 e. The van der Waals surface area contributed by atoms with Crippen LogP contribution in [-0.2, 0) is 11.3 Å². The quantitative estimate of drug-likeness (QED) is 0.732. The molecule has 0 spiro atoms. The molecule has 8 nitrogen and oxygen atoms in total. The van der Waals surface area contributed by atoms with Gasteiger partial charge in [0, 0.05) is 18.4 Å². The Morgan fingerprint density at radius 3 is 2.71 bits per heavy atom. The Bertz CT molecular complexity index is 1140. The van der Waals surface area contributed by atoms with Crippen molar-refractivity contribution in [2.45, 2.75) is 44.7 Å². The molecule has 1 aliphatic carbocycles. The summed E-state index contributed by atoms with van der Waals surface area (Å²) in [4.78, 5) is 37.5. The normalized spacial score (nSPS) is 15.0. The van der Waals surface area contributed by atoms with Crippen molar-refractivity contribution in [2.24, 2.45) is 0 Å². The molecule has 1 amide bonds. The zero-order chi connectivity index (χ0) is 19.7. The van der Waals surface area contributed by atoms with Crippen molar-refractivity contribution >= 4 is 11.6 Å². The average Bonchev–Trinajstić information content (AvgIpc) is 2.99. The minimum Gasteiger partial charge on any atom is -0.352 e. The molecular formula is C19H20FN5O3. The van der Waals surface area contributed by atoms with Crippen LogP contribution in [0.15, 0.2) is 46.2 Å². The lowest BCUT2D eigenvalue weighted by atomic mass is 9.95. The molecule has 0 saturated heterocycles. The fourth-order valence-corrected chi connectivity index (χ4v) is 3.60. The molecule has 2 aromatic heterocycles. The minimum absolute atomic E-state index is 0.123. The van der Waals surface area contributed by atoms with E-state index >= 15 is 0 Å². The first-order valence-corrected chi connectivity index (χ1v) is 9.29. The van der Waals surface area contributed by atoms with E-state index in [2.05, 4.69) is 10.4 Å². The number of fused-ring (bicyclic) bond motifs is 1. The van der Waals surface area contributed by atoms with Crippen LogP contribution in [0.4, 0.5) is 4.39 Å². The van der Waals surface area contributed by atoms with Gasteiger partial charge in [0.05, 0.1) is 5.69 Å². The molecule has 1 fully saturated rings. The fraction of sp³-hybridized carbons (Fsp3) is 0.368. The van der Waals surface area contributed by atoms with Gasteiger partial charge >= 0.3 is 11.2 Å². The van der Waals surface area contributed by atoms with E-state index < -0.39 is 17.1 Å². The van der Waals surface area contributed by atoms with Crippen molar-refractivity contribution in [3.63, 3.8) is 0 Å². The van der Waals surface area contributed by atoms with Crippen LogP contribution in [0, 0.1) is 5.82 Å². The van der Waals surface area contributed by atoms with Crippen molar-refractivity contribution in [1.29, 1.82) is 0 Å². The molecule has 9 heteroatoms. The zero-order valence-corrected chi connectivity index (χ0v) is 15.2. The summed E-state index contributed by atoms with van der Waals surface area (Å²) in [6, 6.07) is 5.68. The van der Waals surface area contributed by atoms with E-state index in [-0.39, 0.29) is 24.1 Å². The van der Waals surface area contributed by atoms with Crippen molar-refractivity contribution in [1.82, 2.24) is 24.1 Å². The molecule has 1 aliphatic rings. The van der Waals surface area contributed by atoms with Crippen LogP contribution in [0.3, 0.4) is 0 Å². The number of carbonyl (C=O) groups is 1. The Hall–Kier alpha value is -3.23. The highest BCUT2D eigenvalue weighted by Gasteiger charge is 2.18. The van der Waals surface area contributed by atoms with Crippen LogP contribution in [-0.4, -0.2) is 30.7 Å². The van der Waals surface area contributed by atoms with Gasteiger partial charge in [-0.3, -0.25) is 14.2 Å². The van der Waals surface area contributed by atoms with E-state index in [9.17, 15) is 18.8 Å². The summed E-state index contributed by atoms with van der Waals surface area (Å²) in [5.41, 5.74) is -0.944. The standard InChI is InChI=1S/C19H20FN5O3/c20-13-5-4-8-15(11-13)23-9-10-24-17(18(23)27)22-25(19(24)28)12-16(26)21-14-6-2-1-3-7-14/h4-5,8-11,14H,1-3,6-7,12H2,(H,21,26). The van der Waals surface area contributed by atoms with Crippen molar-refractivity contribution in [2.75, 3.05) is 0 Å². The van der Waals surface area contributed by atoms with E-state index in [1.807, 2.05) is 0 Å². The topological polar surface area (TPSA) is 90.4 Å². The Labute approximate surface area is 159 Å². The van der Waals surface area contributed by atoms with Crippen molar-refractivity contribution < 1.29 is 9.18 Å². The smallest absolute Gasteiger partial charge is 0.351 e. The van der Waals surface area contributed by atoms with Crippen molar-refractivity contribution in [3.8, 4) is 5.69 Å². The Kier molecular flexibility index (Phi) is 4.81. The van der Waals surface area contributed by atoms with Crippen LogP contribution in [0.2, 0.25) is 0 Å². The molecule has 3 aromatic rings. The molecule has 4 rings (SSSR count). The second kappa shape index (κ2) is 7.41. The van der Waals surface area contributed by atoms with E-state index in [4.69, 9.17) is 0 Å². The molecule has 0 radical (unpaired) electrons. The molecule has 28 heavy (non-hydrogen) atoms. The maximum atomic E-state index is 13.5. The molecular weight excluding hydrogens is 365 g/mol. The van der Waals surface area contributed by atoms with Gasteiger partial charge in [-0.2, -0.15) is 0 Å². The molecule has 1 aromatic carbocycles. The lowest BCUT2D eigenvalue weighted by Crippen LogP contribution is -2.40. The number of rotatable bonds is 4. The van der Waals surface area contributed by atoms with Gasteiger partial charge < -0.3 is 5.32 Å². The largest absolute Gasteiger partial charge is 0.352 e. The molecule has 0 aliphatic heterocycles. The summed E-state index contributed by atoms with van der Waals surface area (Å²) in [5.74, 6) is -0.783. The summed E-state index contributed by atoms with van der Waals surface area (Å²) in [7, 11) is 0. The molecule has 146 valence electrons. The molecule has 0 bridgehead atoms. The van der Waals surface area contributed by atoms with Crippen LogP contribution in [0.1, 0.15) is 32.1 Å². The maximum absolute atomic E-state index is 13.5. The van der Waals surface area contributed by atoms with Gasteiger partial charge in [0.15, 0.2) is 0 Å². The lowest BCUT2D eigenvalue weighted by Gasteiger charge is -2.22. The van der Waals surface area contributed by atoms with Gasteiger partial charge in [0.1, 0.15) is 12.4 Å². The number of amides is 1. The van der Waals surface area contributed by atoms with E-state index in [1.165, 1.54) is 41.6 Å². The number of hydrogen-bond acceptors (Lipinski definition) is 4. The number of nitrogens with zero attached hydrogens (tertiary/aromatic N) is 4. The third-order valence-corrected chi connectivity index (χ3v) is 5.00. The highest BCUT2D eigenvalue weighted by atomic mass is 19.1. The van der Waals surface area contributed by atoms with Gasteiger partial charge in [-0.25, -0.2) is 18.3 Å². The third kappa shape index (κ3) is 3.47. The fourth-order valence-electron chi connectivity index (χ4n) is 3.60. The molecule has 1 saturated carbocycles. The Balaban J connectivity index is 1.63. The predicted octanol–water partition coefficient (Wildman–Crippen LogP) is 1.23. The number of halogens is 1. The Morgan fingerprint density at radius 1 is 1.18 bits per heavy atom. The predicted molar refractivity (Wildman–Crippen MR) is 100 cm³/mol. The summed E-state index contributed by atoms with van der Waals surface area (Å²) in [6.07, 6.45) is 7.97. The average molecular weight is 385 g/mol. The summed E-state index contributed by atoms with van der Waals surface area (Å²) < 4.78 is 16.7. The minimum atomic E-state index is -0.573. The van der Waals surface area contributed by atoms with E-state index in [0.29, 0.717) is 5.69 Å². The zero-order valence-electron chi connectivity index (χ0n) is 15.2. The monoisotopic (exact) mass is 385 g/mol. The van der Waals surface area contributed by atoms with E-state index in [0.717, 1.165) is 34.8 Å². The van der Waals surface area contributed by atoms with Gasteiger partial charge in [-0.1, -0.05) is 25.3 Å². The van der Waals surface area contributed by atoms with Gasteiger partial charge in [-0.05, 0) is 31.0 Å². The first kappa shape index (κ1) is 18.1. The highest BCUT2D eigenvalue weighted by molar-refractivity contribution is 5.76. The molecule has 1 N–H and O–H groups in total. The number of aromatic nitrogens is 4. The van der Waals surface area contributed by atoms with Gasteiger partial charge in [0.2, 0.25) is 11.6 Å². The van der Waals surface area contributed by atoms with Crippen LogP contribution in [0.25, 0.3) is 11.3 Å². The Morgan fingerprint density at radius 2 is 1.96 bits per heavy atom. The number of benzene rings is 1. The van der Waals surface area contributed by atoms with Crippen LogP contribution < -0.4 is 16.6 Å². The van der Waals surface area contributed by atoms with Crippen LogP contribution in [0.5, 0.6) is 0 Å². The molecule has 2 heterocycles. The number of carbonyl (C=O) groups excluding carboxylic acids is 1. The number of nitrogens with one attached hydrogen (secondary N) is 1. The van der Waals surface area contributed by atoms with Crippen molar-refractivity contribution in [3.05, 3.63) is 63.3 Å². The highest BCUT2D eigenvalue weighted by Crippen LogP contribution is 2.17. The van der Waals surface area contributed by atoms with E-state index in [1.54, 1.807) is 6.07 Å². The third-order valence-electron chi connectivity index (χ3n) is 5.00. The summed E-state index contributed by atoms with van der Waals surface area (Å²) in [5, 5.41) is 6.96. The summed E-state index contributed by atoms with van der Waals surface area (Å²) >= 11 is 0. The lowest BCUT2D eigenvalue weighted by molar-refractivity contribution is -0.122. The van der Waals surface area contributed by atoms with Crippen LogP contribution >= 0.6 is 0 Å². The van der Waals surface area contributed by atoms with Gasteiger partial charge in [0.25, 0.3) is 0 Å². The second-order valence-corrected chi connectivity index (χ2v) is 6.99. The first-order valence-electron chi connectivity index (χ1n) is 9.29. The first-order chi connectivity index (χ1) is 13.5. The number of hydrogen-bond donors (Lipinski definition) is 1. The SMILES string of the molecule is O=C(Cn1nc2c(=O)n(-c3cccc(F)c3)ccn2c1=O)NC1CCCCC1. The summed E-state index contributed by atoms with van der Waals surface area (Å²) in [6.45, 7) is -0.254. The second-order valence-electron chi connectivity index (χ2n) is 6.99.